The minimum atomic E-state index is -2.00. The Bertz CT molecular complexity index is 540. The summed E-state index contributed by atoms with van der Waals surface area (Å²) >= 11 is 0. The summed E-state index contributed by atoms with van der Waals surface area (Å²) in [6, 6.07) is 1.83. The van der Waals surface area contributed by atoms with E-state index in [4.69, 9.17) is 15.7 Å². The molecule has 0 atom stereocenters. The second kappa shape index (κ2) is 6.10. The van der Waals surface area contributed by atoms with Gasteiger partial charge in [-0.1, -0.05) is 20.8 Å². The van der Waals surface area contributed by atoms with Gasteiger partial charge < -0.3 is 9.16 Å². The monoisotopic (exact) mass is 290 g/mol. The lowest BCUT2D eigenvalue weighted by molar-refractivity contribution is 0.411. The van der Waals surface area contributed by atoms with Crippen LogP contribution in [0.1, 0.15) is 26.3 Å². The van der Waals surface area contributed by atoms with Gasteiger partial charge >= 0.3 is 0 Å². The molecule has 0 bridgehead atoms. The predicted octanol–water partition coefficient (Wildman–Crippen LogP) is 4.33. The van der Waals surface area contributed by atoms with Crippen molar-refractivity contribution >= 4 is 14.1 Å². The Labute approximate surface area is 122 Å². The van der Waals surface area contributed by atoms with Crippen LogP contribution in [-0.4, -0.2) is 20.4 Å². The molecule has 0 aliphatic rings. The molecule has 0 radical (unpaired) electrons. The van der Waals surface area contributed by atoms with Crippen LogP contribution in [0.25, 0.3) is 10.6 Å². The molecule has 1 aromatic rings. The molecule has 0 amide bonds. The van der Waals surface area contributed by atoms with Crippen molar-refractivity contribution in [2.75, 3.05) is 7.11 Å². The fourth-order valence-corrected chi connectivity index (χ4v) is 2.34. The molecule has 0 aliphatic carbocycles. The Kier molecular flexibility index (Phi) is 4.96. The minimum Gasteiger partial charge on any atom is -0.551 e. The van der Waals surface area contributed by atoms with Gasteiger partial charge in [-0.2, -0.15) is 0 Å². The summed E-state index contributed by atoms with van der Waals surface area (Å²) < 4.78 is 11.4. The molecule has 0 saturated heterocycles. The lowest BCUT2D eigenvalue weighted by Crippen LogP contribution is -2.40. The Hall–Kier alpha value is -1.80. The van der Waals surface area contributed by atoms with Gasteiger partial charge in [0.25, 0.3) is 0 Å². The summed E-state index contributed by atoms with van der Waals surface area (Å²) in [4.78, 5) is 7.47. The number of rotatable bonds is 4. The van der Waals surface area contributed by atoms with E-state index in [1.807, 2.05) is 6.07 Å². The molecule has 0 unspecified atom stereocenters. The smallest absolute Gasteiger partial charge is 0.248 e. The number of methoxy groups -OCH3 is 1. The van der Waals surface area contributed by atoms with Crippen LogP contribution in [0.3, 0.4) is 0 Å². The molecule has 108 valence electrons. The van der Waals surface area contributed by atoms with E-state index in [-0.39, 0.29) is 5.04 Å². The van der Waals surface area contributed by atoms with E-state index in [0.29, 0.717) is 11.5 Å². The Morgan fingerprint density at radius 1 is 1.35 bits per heavy atom. The molecule has 0 aliphatic heterocycles. The number of hydrogen-bond acceptors (Lipinski definition) is 3. The summed E-state index contributed by atoms with van der Waals surface area (Å²) in [6.07, 6.45) is 4.73. The molecule has 1 rings (SSSR count). The van der Waals surface area contributed by atoms with Crippen LogP contribution >= 0.6 is 0 Å². The third-order valence-electron chi connectivity index (χ3n) is 3.59. The quantitative estimate of drug-likeness (QED) is 0.470. The predicted molar refractivity (Wildman–Crippen MR) is 83.7 cm³/mol. The molecule has 0 N–H and O–H groups in total. The second-order valence-corrected chi connectivity index (χ2v) is 10.8. The van der Waals surface area contributed by atoms with Crippen LogP contribution in [0, 0.1) is 6.57 Å². The zero-order valence-electron chi connectivity index (χ0n) is 13.0. The maximum absolute atomic E-state index is 7.08. The van der Waals surface area contributed by atoms with E-state index in [9.17, 15) is 0 Å². The van der Waals surface area contributed by atoms with Gasteiger partial charge in [0, 0.05) is 11.8 Å². The molecule has 1 heterocycles. The van der Waals surface area contributed by atoms with Crippen LogP contribution in [-0.2, 0) is 4.43 Å². The first kappa shape index (κ1) is 16.3. The Morgan fingerprint density at radius 2 is 2.00 bits per heavy atom. The summed E-state index contributed by atoms with van der Waals surface area (Å²) in [5.74, 6) is 1.22. The molecule has 0 spiro atoms. The van der Waals surface area contributed by atoms with Crippen molar-refractivity contribution in [3.05, 3.63) is 41.6 Å². The number of nitrogens with zero attached hydrogens (tertiary/aromatic N) is 2. The standard InChI is InChI=1S/C15H22N2O2Si/c1-15(2,3)20(6,7)19-14(11-16-4)12-8-13(18-5)10-17-9-12/h8-11H,1-3,5-7H3/b14-11+. The van der Waals surface area contributed by atoms with E-state index in [1.54, 1.807) is 19.5 Å². The van der Waals surface area contributed by atoms with Crippen molar-refractivity contribution in [1.29, 1.82) is 0 Å². The van der Waals surface area contributed by atoms with Gasteiger partial charge in [0.2, 0.25) is 8.32 Å². The average molecular weight is 290 g/mol. The summed E-state index contributed by atoms with van der Waals surface area (Å²) in [6.45, 7) is 17.9. The highest BCUT2D eigenvalue weighted by Gasteiger charge is 2.39. The fraction of sp³-hybridized carbons (Fsp3) is 0.467. The zero-order valence-corrected chi connectivity index (χ0v) is 14.0. The van der Waals surface area contributed by atoms with Crippen molar-refractivity contribution in [1.82, 2.24) is 4.98 Å². The molecule has 5 heteroatoms. The van der Waals surface area contributed by atoms with E-state index in [0.717, 1.165) is 5.56 Å². The van der Waals surface area contributed by atoms with Crippen molar-refractivity contribution in [3.8, 4) is 5.75 Å². The zero-order chi connectivity index (χ0) is 15.4. The lowest BCUT2D eigenvalue weighted by Gasteiger charge is -2.37. The van der Waals surface area contributed by atoms with Crippen LogP contribution in [0.4, 0.5) is 0 Å². The Morgan fingerprint density at radius 3 is 2.50 bits per heavy atom. The fourth-order valence-electron chi connectivity index (χ4n) is 1.31. The molecule has 20 heavy (non-hydrogen) atoms. The molecule has 0 aromatic carbocycles. The van der Waals surface area contributed by atoms with Gasteiger partial charge in [-0.15, -0.1) is 0 Å². The van der Waals surface area contributed by atoms with E-state index >= 15 is 0 Å². The highest BCUT2D eigenvalue weighted by Crippen LogP contribution is 2.39. The molecule has 0 fully saturated rings. The summed E-state index contributed by atoms with van der Waals surface area (Å²) in [7, 11) is -0.405. The van der Waals surface area contributed by atoms with E-state index < -0.39 is 8.32 Å². The third kappa shape index (κ3) is 3.84. The summed E-state index contributed by atoms with van der Waals surface area (Å²) in [5, 5.41) is 0.0699. The minimum absolute atomic E-state index is 0.0699. The highest BCUT2D eigenvalue weighted by atomic mass is 28.4. The van der Waals surface area contributed by atoms with Crippen LogP contribution in [0.15, 0.2) is 24.7 Å². The van der Waals surface area contributed by atoms with Gasteiger partial charge in [-0.25, -0.2) is 4.85 Å². The first-order valence-corrected chi connectivity index (χ1v) is 9.37. The maximum Gasteiger partial charge on any atom is 0.248 e. The molecule has 4 nitrogen and oxygen atoms in total. The van der Waals surface area contributed by atoms with Crippen molar-refractivity contribution in [2.45, 2.75) is 38.9 Å². The normalized spacial score (nSPS) is 12.8. The Balaban J connectivity index is 3.14. The SMILES string of the molecule is [C-]#[N+]/C=C(/O[Si](C)(C)C(C)(C)C)c1cncc(OC)c1. The number of aromatic nitrogens is 1. The van der Waals surface area contributed by atoms with Crippen LogP contribution < -0.4 is 4.74 Å². The van der Waals surface area contributed by atoms with Crippen LogP contribution in [0.5, 0.6) is 5.75 Å². The van der Waals surface area contributed by atoms with Gasteiger partial charge in [0.05, 0.1) is 19.9 Å². The van der Waals surface area contributed by atoms with Crippen molar-refractivity contribution in [3.63, 3.8) is 0 Å². The second-order valence-electron chi connectivity index (χ2n) is 6.10. The number of hydrogen-bond donors (Lipinski definition) is 0. The number of ether oxygens (including phenoxy) is 1. The first-order valence-electron chi connectivity index (χ1n) is 6.46. The van der Waals surface area contributed by atoms with Gasteiger partial charge in [-0.3, -0.25) is 4.98 Å². The largest absolute Gasteiger partial charge is 0.551 e. The molecule has 1 aromatic heterocycles. The van der Waals surface area contributed by atoms with Crippen molar-refractivity contribution < 1.29 is 9.16 Å². The topological polar surface area (TPSA) is 35.7 Å². The van der Waals surface area contributed by atoms with Gasteiger partial charge in [0.1, 0.15) is 11.5 Å². The van der Waals surface area contributed by atoms with E-state index in [1.165, 1.54) is 6.20 Å². The van der Waals surface area contributed by atoms with Crippen LogP contribution in [0.2, 0.25) is 18.1 Å². The van der Waals surface area contributed by atoms with Crippen molar-refractivity contribution in [2.24, 2.45) is 0 Å². The molecule has 0 saturated carbocycles. The lowest BCUT2D eigenvalue weighted by atomic mass is 10.2. The molecular formula is C15H22N2O2Si. The maximum atomic E-state index is 7.08. The third-order valence-corrected chi connectivity index (χ3v) is 7.93. The van der Waals surface area contributed by atoms with Gasteiger partial charge in [-0.05, 0) is 24.2 Å². The average Bonchev–Trinajstić information content (AvgIpc) is 2.37. The number of pyridine rings is 1. The molecular weight excluding hydrogens is 268 g/mol. The summed E-state index contributed by atoms with van der Waals surface area (Å²) in [5.41, 5.74) is 0.769. The highest BCUT2D eigenvalue weighted by molar-refractivity contribution is 6.74. The van der Waals surface area contributed by atoms with E-state index in [2.05, 4.69) is 43.7 Å². The first-order chi connectivity index (χ1) is 9.21. The van der Waals surface area contributed by atoms with Gasteiger partial charge in [0.15, 0.2) is 6.20 Å².